The molecule has 2 aromatic heterocycles. The van der Waals surface area contributed by atoms with Crippen LogP contribution in [-0.4, -0.2) is 39.8 Å². The van der Waals surface area contributed by atoms with E-state index in [9.17, 15) is 0 Å². The van der Waals surface area contributed by atoms with Crippen LogP contribution < -0.4 is 10.2 Å². The van der Waals surface area contributed by atoms with E-state index < -0.39 is 0 Å². The van der Waals surface area contributed by atoms with Gasteiger partial charge in [0.25, 0.3) is 0 Å². The maximum Gasteiger partial charge on any atom is 0.157 e. The molecule has 2 fully saturated rings. The predicted octanol–water partition coefficient (Wildman–Crippen LogP) is 1.16. The van der Waals surface area contributed by atoms with Crippen LogP contribution in [0.4, 0.5) is 5.82 Å². The predicted molar refractivity (Wildman–Crippen MR) is 74.3 cm³/mol. The average Bonchev–Trinajstić information content (AvgIpc) is 3.06. The highest BCUT2D eigenvalue weighted by molar-refractivity contribution is 5.50. The van der Waals surface area contributed by atoms with Gasteiger partial charge in [-0.3, -0.25) is 0 Å². The molecule has 4 rings (SSSR count). The first-order chi connectivity index (χ1) is 9.16. The van der Waals surface area contributed by atoms with Crippen LogP contribution in [0, 0.1) is 11.8 Å². The van der Waals surface area contributed by atoms with Gasteiger partial charge in [0.05, 0.1) is 6.20 Å². The maximum atomic E-state index is 4.75. The smallest absolute Gasteiger partial charge is 0.157 e. The maximum absolute atomic E-state index is 4.75. The van der Waals surface area contributed by atoms with Crippen molar-refractivity contribution in [2.45, 2.75) is 19.4 Å². The van der Waals surface area contributed by atoms with E-state index in [4.69, 9.17) is 4.98 Å². The number of rotatable bonds is 1. The molecule has 2 unspecified atom stereocenters. The molecule has 4 heterocycles. The number of hydrogen-bond acceptors (Lipinski definition) is 4. The third-order valence-corrected chi connectivity index (χ3v) is 4.88. The number of hydrogen-bond donors (Lipinski definition) is 1. The van der Waals surface area contributed by atoms with Gasteiger partial charge in [0.2, 0.25) is 0 Å². The SMILES string of the molecule is CC1(C)C2CNCC2CN1c1ccn2nccc2n1. The van der Waals surface area contributed by atoms with Crippen LogP contribution in [0.3, 0.4) is 0 Å². The Hall–Kier alpha value is -1.62. The summed E-state index contributed by atoms with van der Waals surface area (Å²) in [5.74, 6) is 2.54. The number of fused-ring (bicyclic) bond motifs is 2. The fourth-order valence-corrected chi connectivity index (χ4v) is 3.76. The topological polar surface area (TPSA) is 45.5 Å². The highest BCUT2D eigenvalue weighted by Gasteiger charge is 2.49. The molecule has 0 radical (unpaired) electrons. The van der Waals surface area contributed by atoms with Gasteiger partial charge in [-0.25, -0.2) is 9.50 Å². The van der Waals surface area contributed by atoms with E-state index in [1.54, 1.807) is 6.20 Å². The van der Waals surface area contributed by atoms with Crippen LogP contribution in [0.5, 0.6) is 0 Å². The Labute approximate surface area is 112 Å². The first-order valence-corrected chi connectivity index (χ1v) is 6.95. The van der Waals surface area contributed by atoms with Crippen LogP contribution in [0.15, 0.2) is 24.5 Å². The molecule has 2 aliphatic heterocycles. The molecule has 19 heavy (non-hydrogen) atoms. The van der Waals surface area contributed by atoms with Gasteiger partial charge in [-0.2, -0.15) is 5.10 Å². The molecule has 5 nitrogen and oxygen atoms in total. The van der Waals surface area contributed by atoms with E-state index in [-0.39, 0.29) is 5.54 Å². The summed E-state index contributed by atoms with van der Waals surface area (Å²) < 4.78 is 1.81. The summed E-state index contributed by atoms with van der Waals surface area (Å²) in [6.45, 7) is 8.05. The number of nitrogens with one attached hydrogen (secondary N) is 1. The minimum Gasteiger partial charge on any atom is -0.351 e. The molecular formula is C14H19N5. The average molecular weight is 257 g/mol. The summed E-state index contributed by atoms with van der Waals surface area (Å²) in [5.41, 5.74) is 1.09. The van der Waals surface area contributed by atoms with E-state index in [1.165, 1.54) is 0 Å². The van der Waals surface area contributed by atoms with Crippen molar-refractivity contribution in [3.05, 3.63) is 24.5 Å². The van der Waals surface area contributed by atoms with E-state index in [0.717, 1.165) is 42.9 Å². The van der Waals surface area contributed by atoms with Crippen molar-refractivity contribution < 1.29 is 0 Å². The fourth-order valence-electron chi connectivity index (χ4n) is 3.76. The highest BCUT2D eigenvalue weighted by Crippen LogP contribution is 2.42. The van der Waals surface area contributed by atoms with Crippen molar-refractivity contribution in [3.63, 3.8) is 0 Å². The van der Waals surface area contributed by atoms with Crippen molar-refractivity contribution in [2.75, 3.05) is 24.5 Å². The number of aromatic nitrogens is 3. The Morgan fingerprint density at radius 1 is 1.32 bits per heavy atom. The van der Waals surface area contributed by atoms with E-state index >= 15 is 0 Å². The van der Waals surface area contributed by atoms with Crippen molar-refractivity contribution in [1.82, 2.24) is 19.9 Å². The molecule has 0 amide bonds. The molecule has 5 heteroatoms. The second-order valence-electron chi connectivity index (χ2n) is 6.21. The third kappa shape index (κ3) is 1.51. The lowest BCUT2D eigenvalue weighted by Crippen LogP contribution is -2.45. The molecule has 2 saturated heterocycles. The van der Waals surface area contributed by atoms with Crippen LogP contribution in [0.25, 0.3) is 5.65 Å². The zero-order valence-electron chi connectivity index (χ0n) is 11.4. The second-order valence-corrected chi connectivity index (χ2v) is 6.21. The van der Waals surface area contributed by atoms with Gasteiger partial charge >= 0.3 is 0 Å². The second kappa shape index (κ2) is 3.70. The van der Waals surface area contributed by atoms with E-state index in [2.05, 4.69) is 35.2 Å². The molecular weight excluding hydrogens is 238 g/mol. The lowest BCUT2D eigenvalue weighted by molar-refractivity contribution is 0.356. The Bertz CT molecular complexity index is 617. The Morgan fingerprint density at radius 2 is 2.21 bits per heavy atom. The molecule has 100 valence electrons. The monoisotopic (exact) mass is 257 g/mol. The van der Waals surface area contributed by atoms with Gasteiger partial charge in [-0.05, 0) is 31.7 Å². The normalized spacial score (nSPS) is 29.1. The minimum atomic E-state index is 0.166. The molecule has 2 aliphatic rings. The first-order valence-electron chi connectivity index (χ1n) is 6.95. The van der Waals surface area contributed by atoms with Gasteiger partial charge < -0.3 is 10.2 Å². The van der Waals surface area contributed by atoms with Crippen molar-refractivity contribution in [1.29, 1.82) is 0 Å². The summed E-state index contributed by atoms with van der Waals surface area (Å²) in [6, 6.07) is 4.03. The molecule has 0 aromatic carbocycles. The first kappa shape index (κ1) is 11.2. The number of nitrogens with zero attached hydrogens (tertiary/aromatic N) is 4. The summed E-state index contributed by atoms with van der Waals surface area (Å²) in [5, 5.41) is 7.72. The third-order valence-electron chi connectivity index (χ3n) is 4.88. The van der Waals surface area contributed by atoms with Gasteiger partial charge in [0.15, 0.2) is 5.65 Å². The Balaban J connectivity index is 1.75. The Morgan fingerprint density at radius 3 is 3.05 bits per heavy atom. The molecule has 0 spiro atoms. The molecule has 0 aliphatic carbocycles. The minimum absolute atomic E-state index is 0.166. The van der Waals surface area contributed by atoms with Crippen molar-refractivity contribution >= 4 is 11.5 Å². The van der Waals surface area contributed by atoms with Gasteiger partial charge in [-0.15, -0.1) is 0 Å². The Kier molecular flexibility index (Phi) is 2.18. The van der Waals surface area contributed by atoms with Crippen LogP contribution >= 0.6 is 0 Å². The highest BCUT2D eigenvalue weighted by atomic mass is 15.3. The zero-order chi connectivity index (χ0) is 13.0. The molecule has 2 aromatic rings. The van der Waals surface area contributed by atoms with Crippen LogP contribution in [-0.2, 0) is 0 Å². The van der Waals surface area contributed by atoms with Crippen LogP contribution in [0.1, 0.15) is 13.8 Å². The van der Waals surface area contributed by atoms with E-state index in [1.807, 2.05) is 16.8 Å². The molecule has 2 atom stereocenters. The largest absolute Gasteiger partial charge is 0.351 e. The summed E-state index contributed by atoms with van der Waals surface area (Å²) in [6.07, 6.45) is 3.79. The van der Waals surface area contributed by atoms with Crippen molar-refractivity contribution in [2.24, 2.45) is 11.8 Å². The van der Waals surface area contributed by atoms with E-state index in [0.29, 0.717) is 0 Å². The van der Waals surface area contributed by atoms with Gasteiger partial charge in [0, 0.05) is 37.4 Å². The van der Waals surface area contributed by atoms with Crippen LogP contribution in [0.2, 0.25) is 0 Å². The van der Waals surface area contributed by atoms with Gasteiger partial charge in [-0.1, -0.05) is 0 Å². The summed E-state index contributed by atoms with van der Waals surface area (Å²) in [7, 11) is 0. The standard InChI is InChI=1S/C14H19N5/c1-14(2)11-8-15-7-10(11)9-18(14)12-4-6-19-13(17-12)3-5-16-19/h3-6,10-11,15H,7-9H2,1-2H3. The lowest BCUT2D eigenvalue weighted by atomic mass is 9.85. The van der Waals surface area contributed by atoms with Gasteiger partial charge in [0.1, 0.15) is 5.82 Å². The number of anilines is 1. The molecule has 0 saturated carbocycles. The fraction of sp³-hybridized carbons (Fsp3) is 0.571. The van der Waals surface area contributed by atoms with Crippen molar-refractivity contribution in [3.8, 4) is 0 Å². The quantitative estimate of drug-likeness (QED) is 0.833. The molecule has 0 bridgehead atoms. The summed E-state index contributed by atoms with van der Waals surface area (Å²) >= 11 is 0. The lowest BCUT2D eigenvalue weighted by Gasteiger charge is -2.36. The molecule has 1 N–H and O–H groups in total. The summed E-state index contributed by atoms with van der Waals surface area (Å²) in [4.78, 5) is 7.21. The zero-order valence-corrected chi connectivity index (χ0v) is 11.4.